The van der Waals surface area contributed by atoms with Crippen molar-refractivity contribution in [2.45, 2.75) is 6.18 Å². The Balaban J connectivity index is 2.14. The van der Waals surface area contributed by atoms with Gasteiger partial charge >= 0.3 is 6.18 Å². The van der Waals surface area contributed by atoms with Crippen molar-refractivity contribution in [3.05, 3.63) is 42.1 Å². The standard InChI is InChI=1S/C12H9F3N2O2/c13-12(14,15)7-19-17-11(18)9-3-1-5-10-8(9)4-2-6-16-10/h1-6H,7H2,(H,17,18). The van der Waals surface area contributed by atoms with Crippen LogP contribution in [0.5, 0.6) is 0 Å². The highest BCUT2D eigenvalue weighted by atomic mass is 19.4. The highest BCUT2D eigenvalue weighted by molar-refractivity contribution is 6.05. The number of rotatable bonds is 3. The summed E-state index contributed by atoms with van der Waals surface area (Å²) in [5.41, 5.74) is 2.54. The van der Waals surface area contributed by atoms with Gasteiger partial charge in [0.2, 0.25) is 0 Å². The molecule has 2 aromatic rings. The first-order valence-electron chi connectivity index (χ1n) is 5.30. The second-order valence-electron chi connectivity index (χ2n) is 3.71. The van der Waals surface area contributed by atoms with E-state index >= 15 is 0 Å². The summed E-state index contributed by atoms with van der Waals surface area (Å²) < 4.78 is 35.6. The van der Waals surface area contributed by atoms with Crippen LogP contribution in [0.1, 0.15) is 10.4 Å². The predicted molar refractivity (Wildman–Crippen MR) is 61.2 cm³/mol. The number of fused-ring (bicyclic) bond motifs is 1. The smallest absolute Gasteiger partial charge is 0.267 e. The van der Waals surface area contributed by atoms with Gasteiger partial charge in [0.25, 0.3) is 5.91 Å². The van der Waals surface area contributed by atoms with Gasteiger partial charge in [-0.3, -0.25) is 14.6 Å². The fourth-order valence-electron chi connectivity index (χ4n) is 1.54. The molecule has 0 radical (unpaired) electrons. The highest BCUT2D eigenvalue weighted by Gasteiger charge is 2.28. The Morgan fingerprint density at radius 3 is 2.79 bits per heavy atom. The van der Waals surface area contributed by atoms with E-state index in [1.807, 2.05) is 0 Å². The van der Waals surface area contributed by atoms with Gasteiger partial charge in [-0.1, -0.05) is 12.1 Å². The maximum atomic E-state index is 11.9. The van der Waals surface area contributed by atoms with Crippen LogP contribution in [0.2, 0.25) is 0 Å². The summed E-state index contributed by atoms with van der Waals surface area (Å²) in [5.74, 6) is -0.747. The number of hydroxylamine groups is 1. The molecule has 0 fully saturated rings. The predicted octanol–water partition coefficient (Wildman–Crippen LogP) is 2.46. The quantitative estimate of drug-likeness (QED) is 0.872. The minimum Gasteiger partial charge on any atom is -0.267 e. The molecule has 0 saturated heterocycles. The average Bonchev–Trinajstić information content (AvgIpc) is 2.36. The lowest BCUT2D eigenvalue weighted by Gasteiger charge is -2.09. The van der Waals surface area contributed by atoms with Gasteiger partial charge in [0.05, 0.1) is 11.1 Å². The monoisotopic (exact) mass is 270 g/mol. The number of alkyl halides is 3. The van der Waals surface area contributed by atoms with E-state index in [1.165, 1.54) is 6.07 Å². The van der Waals surface area contributed by atoms with E-state index in [2.05, 4.69) is 9.82 Å². The van der Waals surface area contributed by atoms with Crippen molar-refractivity contribution >= 4 is 16.8 Å². The molecule has 100 valence electrons. The van der Waals surface area contributed by atoms with Gasteiger partial charge < -0.3 is 0 Å². The first kappa shape index (κ1) is 13.3. The Morgan fingerprint density at radius 1 is 1.26 bits per heavy atom. The zero-order valence-corrected chi connectivity index (χ0v) is 9.57. The van der Waals surface area contributed by atoms with Crippen molar-refractivity contribution in [3.63, 3.8) is 0 Å². The summed E-state index contributed by atoms with van der Waals surface area (Å²) in [6, 6.07) is 8.06. The van der Waals surface area contributed by atoms with E-state index in [4.69, 9.17) is 0 Å². The summed E-state index contributed by atoms with van der Waals surface area (Å²) in [6.45, 7) is -1.54. The number of halogens is 3. The topological polar surface area (TPSA) is 51.2 Å². The second-order valence-corrected chi connectivity index (χ2v) is 3.71. The van der Waals surface area contributed by atoms with Crippen LogP contribution in [0.25, 0.3) is 10.9 Å². The second kappa shape index (κ2) is 5.23. The molecule has 1 heterocycles. The Bertz CT molecular complexity index is 594. The molecule has 0 saturated carbocycles. The average molecular weight is 270 g/mol. The molecule has 0 aliphatic heterocycles. The van der Waals surface area contributed by atoms with E-state index in [0.717, 1.165) is 0 Å². The zero-order valence-electron chi connectivity index (χ0n) is 9.57. The first-order valence-corrected chi connectivity index (χ1v) is 5.30. The van der Waals surface area contributed by atoms with Crippen molar-refractivity contribution in [1.82, 2.24) is 10.5 Å². The summed E-state index contributed by atoms with van der Waals surface area (Å²) in [7, 11) is 0. The lowest BCUT2D eigenvalue weighted by Crippen LogP contribution is -2.29. The Hall–Kier alpha value is -2.15. The van der Waals surface area contributed by atoms with Crippen molar-refractivity contribution < 1.29 is 22.8 Å². The molecule has 2 rings (SSSR count). The number of nitrogens with zero attached hydrogens (tertiary/aromatic N) is 1. The zero-order chi connectivity index (χ0) is 13.9. The molecule has 1 aromatic carbocycles. The molecule has 19 heavy (non-hydrogen) atoms. The van der Waals surface area contributed by atoms with Crippen molar-refractivity contribution in [2.24, 2.45) is 0 Å². The number of hydrogen-bond donors (Lipinski definition) is 1. The SMILES string of the molecule is O=C(NOCC(F)(F)F)c1cccc2ncccc12. The van der Waals surface area contributed by atoms with Gasteiger partial charge in [-0.25, -0.2) is 5.48 Å². The molecule has 1 amide bonds. The van der Waals surface area contributed by atoms with Crippen LogP contribution in [-0.2, 0) is 4.84 Å². The molecule has 0 aliphatic carbocycles. The molecular weight excluding hydrogens is 261 g/mol. The van der Waals surface area contributed by atoms with E-state index in [9.17, 15) is 18.0 Å². The van der Waals surface area contributed by atoms with Gasteiger partial charge in [0.1, 0.15) is 0 Å². The Labute approximate surface area is 106 Å². The molecule has 1 N–H and O–H groups in total. The third kappa shape index (κ3) is 3.41. The normalized spacial score (nSPS) is 11.5. The molecular formula is C12H9F3N2O2. The molecule has 0 unspecified atom stereocenters. The van der Waals surface area contributed by atoms with E-state index in [-0.39, 0.29) is 5.56 Å². The van der Waals surface area contributed by atoms with Gasteiger partial charge in [-0.05, 0) is 18.2 Å². The molecule has 0 aliphatic rings. The summed E-state index contributed by atoms with van der Waals surface area (Å²) in [5, 5.41) is 0.540. The lowest BCUT2D eigenvalue weighted by atomic mass is 10.1. The molecule has 0 atom stereocenters. The number of aromatic nitrogens is 1. The maximum Gasteiger partial charge on any atom is 0.414 e. The molecule has 0 spiro atoms. The van der Waals surface area contributed by atoms with Crippen LogP contribution in [0.4, 0.5) is 13.2 Å². The summed E-state index contributed by atoms with van der Waals surface area (Å²) in [4.78, 5) is 19.9. The van der Waals surface area contributed by atoms with Crippen molar-refractivity contribution in [2.75, 3.05) is 6.61 Å². The van der Waals surface area contributed by atoms with Gasteiger partial charge in [0, 0.05) is 11.6 Å². The fourth-order valence-corrected chi connectivity index (χ4v) is 1.54. The van der Waals surface area contributed by atoms with Gasteiger partial charge in [-0.15, -0.1) is 0 Å². The highest BCUT2D eigenvalue weighted by Crippen LogP contribution is 2.17. The lowest BCUT2D eigenvalue weighted by molar-refractivity contribution is -0.184. The number of carbonyl (C=O) groups excluding carboxylic acids is 1. The van der Waals surface area contributed by atoms with Crippen LogP contribution in [-0.4, -0.2) is 23.7 Å². The van der Waals surface area contributed by atoms with E-state index < -0.39 is 18.7 Å². The summed E-state index contributed by atoms with van der Waals surface area (Å²) in [6.07, 6.45) is -2.93. The molecule has 1 aromatic heterocycles. The first-order chi connectivity index (χ1) is 8.97. The molecule has 4 nitrogen and oxygen atoms in total. The number of benzene rings is 1. The third-order valence-electron chi connectivity index (χ3n) is 2.29. The van der Waals surface area contributed by atoms with Gasteiger partial charge in [0.15, 0.2) is 6.61 Å². The number of hydrogen-bond acceptors (Lipinski definition) is 3. The van der Waals surface area contributed by atoms with E-state index in [0.29, 0.717) is 10.9 Å². The maximum absolute atomic E-state index is 11.9. The molecule has 0 bridgehead atoms. The minimum absolute atomic E-state index is 0.202. The minimum atomic E-state index is -4.49. The Morgan fingerprint density at radius 2 is 2.05 bits per heavy atom. The van der Waals surface area contributed by atoms with Crippen LogP contribution in [0.3, 0.4) is 0 Å². The van der Waals surface area contributed by atoms with Crippen LogP contribution in [0.15, 0.2) is 36.5 Å². The third-order valence-corrected chi connectivity index (χ3v) is 2.29. The van der Waals surface area contributed by atoms with Crippen LogP contribution >= 0.6 is 0 Å². The number of carbonyl (C=O) groups is 1. The number of pyridine rings is 1. The number of nitrogens with one attached hydrogen (secondary N) is 1. The van der Waals surface area contributed by atoms with Crippen LogP contribution < -0.4 is 5.48 Å². The number of amides is 1. The van der Waals surface area contributed by atoms with Gasteiger partial charge in [-0.2, -0.15) is 13.2 Å². The largest absolute Gasteiger partial charge is 0.414 e. The molecule has 7 heteroatoms. The Kier molecular flexibility index (Phi) is 3.66. The van der Waals surface area contributed by atoms with Crippen molar-refractivity contribution in [3.8, 4) is 0 Å². The van der Waals surface area contributed by atoms with Crippen molar-refractivity contribution in [1.29, 1.82) is 0 Å². The van der Waals surface area contributed by atoms with E-state index in [1.54, 1.807) is 35.9 Å². The summed E-state index contributed by atoms with van der Waals surface area (Å²) >= 11 is 0. The van der Waals surface area contributed by atoms with Crippen LogP contribution in [0, 0.1) is 0 Å². The fraction of sp³-hybridized carbons (Fsp3) is 0.167.